The van der Waals surface area contributed by atoms with Crippen LogP contribution in [0.5, 0.6) is 0 Å². The van der Waals surface area contributed by atoms with Crippen molar-refractivity contribution in [3.63, 3.8) is 0 Å². The molecule has 0 spiro atoms. The first-order chi connectivity index (χ1) is 9.45. The molecule has 8 heteroatoms. The molecule has 104 valence electrons. The molecule has 0 bridgehead atoms. The van der Waals surface area contributed by atoms with Crippen LogP contribution in [0.1, 0.15) is 10.4 Å². The number of rotatable bonds is 4. The van der Waals surface area contributed by atoms with Gasteiger partial charge in [0.2, 0.25) is 5.91 Å². The van der Waals surface area contributed by atoms with Gasteiger partial charge < -0.3 is 11.1 Å². The fourth-order valence-electron chi connectivity index (χ4n) is 1.51. The zero-order valence-corrected chi connectivity index (χ0v) is 11.7. The molecule has 0 aliphatic carbocycles. The summed E-state index contributed by atoms with van der Waals surface area (Å²) in [6, 6.07) is 3.93. The van der Waals surface area contributed by atoms with Gasteiger partial charge >= 0.3 is 0 Å². The predicted octanol–water partition coefficient (Wildman–Crippen LogP) is 1.52. The second-order valence-corrected chi connectivity index (χ2v) is 4.83. The maximum absolute atomic E-state index is 13.1. The lowest BCUT2D eigenvalue weighted by molar-refractivity contribution is -0.118. The molecule has 0 unspecified atom stereocenters. The molecule has 0 radical (unpaired) electrons. The Kier molecular flexibility index (Phi) is 4.14. The maximum atomic E-state index is 13.1. The van der Waals surface area contributed by atoms with E-state index in [9.17, 15) is 14.0 Å². The summed E-state index contributed by atoms with van der Waals surface area (Å²) in [4.78, 5) is 22.7. The van der Waals surface area contributed by atoms with E-state index in [1.54, 1.807) is 0 Å². The van der Waals surface area contributed by atoms with Gasteiger partial charge in [0.05, 0.1) is 16.4 Å². The number of carbonyl (C=O) groups is 2. The van der Waals surface area contributed by atoms with Gasteiger partial charge in [0.25, 0.3) is 5.91 Å². The molecule has 0 fully saturated rings. The van der Waals surface area contributed by atoms with Gasteiger partial charge in [-0.3, -0.25) is 14.3 Å². The number of nitrogens with zero attached hydrogens (tertiary/aromatic N) is 2. The molecule has 20 heavy (non-hydrogen) atoms. The summed E-state index contributed by atoms with van der Waals surface area (Å²) < 4.78 is 14.6. The van der Waals surface area contributed by atoms with Crippen LogP contribution in [0, 0.1) is 5.82 Å². The first-order valence-electron chi connectivity index (χ1n) is 5.53. The van der Waals surface area contributed by atoms with Gasteiger partial charge in [0.15, 0.2) is 0 Å². The minimum absolute atomic E-state index is 0.0715. The number of aromatic nitrogens is 2. The van der Waals surface area contributed by atoms with Crippen molar-refractivity contribution < 1.29 is 14.0 Å². The minimum atomic E-state index is -0.534. The van der Waals surface area contributed by atoms with Crippen LogP contribution in [0.15, 0.2) is 35.1 Å². The molecule has 2 rings (SSSR count). The number of benzene rings is 1. The largest absolute Gasteiger partial charge is 0.368 e. The van der Waals surface area contributed by atoms with Crippen LogP contribution in [0.2, 0.25) is 0 Å². The highest BCUT2D eigenvalue weighted by atomic mass is 79.9. The zero-order chi connectivity index (χ0) is 14.7. The number of anilines is 1. The smallest absolute Gasteiger partial charge is 0.255 e. The molecule has 1 heterocycles. The Hall–Kier alpha value is -2.22. The number of hydrogen-bond donors (Lipinski definition) is 2. The van der Waals surface area contributed by atoms with Gasteiger partial charge in [-0.25, -0.2) is 4.39 Å². The first-order valence-corrected chi connectivity index (χ1v) is 6.32. The van der Waals surface area contributed by atoms with E-state index in [4.69, 9.17) is 5.73 Å². The van der Waals surface area contributed by atoms with Gasteiger partial charge in [-0.2, -0.15) is 5.10 Å². The van der Waals surface area contributed by atoms with E-state index < -0.39 is 17.6 Å². The topological polar surface area (TPSA) is 90.0 Å². The summed E-state index contributed by atoms with van der Waals surface area (Å²) in [5.41, 5.74) is 5.74. The van der Waals surface area contributed by atoms with Crippen molar-refractivity contribution in [1.29, 1.82) is 0 Å². The molecule has 1 aromatic heterocycles. The third kappa shape index (κ3) is 3.41. The van der Waals surface area contributed by atoms with E-state index >= 15 is 0 Å². The van der Waals surface area contributed by atoms with E-state index in [0.717, 1.165) is 0 Å². The number of nitrogens with two attached hydrogens (primary N) is 1. The number of amides is 2. The van der Waals surface area contributed by atoms with Crippen LogP contribution < -0.4 is 11.1 Å². The number of hydrogen-bond acceptors (Lipinski definition) is 3. The van der Waals surface area contributed by atoms with Crippen molar-refractivity contribution in [2.75, 3.05) is 5.32 Å². The van der Waals surface area contributed by atoms with Crippen LogP contribution in [-0.2, 0) is 11.3 Å². The zero-order valence-electron chi connectivity index (χ0n) is 10.1. The van der Waals surface area contributed by atoms with Gasteiger partial charge in [-0.1, -0.05) is 0 Å². The van der Waals surface area contributed by atoms with Crippen LogP contribution in [-0.4, -0.2) is 21.6 Å². The Bertz CT molecular complexity index is 671. The molecule has 0 saturated heterocycles. The normalized spacial score (nSPS) is 10.3. The van der Waals surface area contributed by atoms with Gasteiger partial charge in [0, 0.05) is 11.8 Å². The number of primary amides is 1. The number of nitrogens with one attached hydrogen (secondary N) is 1. The summed E-state index contributed by atoms with van der Waals surface area (Å²) >= 11 is 3.01. The highest BCUT2D eigenvalue weighted by Gasteiger charge is 2.10. The quantitative estimate of drug-likeness (QED) is 0.884. The van der Waals surface area contributed by atoms with Gasteiger partial charge in [-0.15, -0.1) is 0 Å². The van der Waals surface area contributed by atoms with Crippen molar-refractivity contribution in [1.82, 2.24) is 9.78 Å². The van der Waals surface area contributed by atoms with E-state index in [-0.39, 0.29) is 11.0 Å². The van der Waals surface area contributed by atoms with Gasteiger partial charge in [0.1, 0.15) is 12.4 Å². The lowest BCUT2D eigenvalue weighted by Crippen LogP contribution is -2.18. The van der Waals surface area contributed by atoms with E-state index in [2.05, 4.69) is 26.3 Å². The molecule has 0 aliphatic heterocycles. The lowest BCUT2D eigenvalue weighted by Gasteiger charge is -2.03. The molecule has 0 saturated carbocycles. The standard InChI is InChI=1S/C12H10BrFN4O2/c13-9-3-7(1-2-10(9)14)12(20)17-8-4-16-18(5-8)6-11(15)19/h1-5H,6H2,(H2,15,19)(H,17,20). The molecular formula is C12H10BrFN4O2. The van der Waals surface area contributed by atoms with Crippen LogP contribution in [0.3, 0.4) is 0 Å². The Morgan fingerprint density at radius 3 is 2.85 bits per heavy atom. The third-order valence-electron chi connectivity index (χ3n) is 2.39. The van der Waals surface area contributed by atoms with Crippen molar-refractivity contribution in [3.8, 4) is 0 Å². The third-order valence-corrected chi connectivity index (χ3v) is 3.00. The molecule has 2 amide bonds. The van der Waals surface area contributed by atoms with Crippen LogP contribution in [0.25, 0.3) is 0 Å². The average molecular weight is 341 g/mol. The highest BCUT2D eigenvalue weighted by molar-refractivity contribution is 9.10. The van der Waals surface area contributed by atoms with Crippen LogP contribution in [0.4, 0.5) is 10.1 Å². The summed E-state index contributed by atoms with van der Waals surface area (Å²) in [6.45, 7) is -0.0715. The molecule has 0 aliphatic rings. The van der Waals surface area contributed by atoms with E-state index in [0.29, 0.717) is 11.3 Å². The van der Waals surface area contributed by atoms with Crippen molar-refractivity contribution in [2.45, 2.75) is 6.54 Å². The molecular weight excluding hydrogens is 331 g/mol. The van der Waals surface area contributed by atoms with Crippen molar-refractivity contribution in [3.05, 3.63) is 46.4 Å². The fourth-order valence-corrected chi connectivity index (χ4v) is 1.89. The monoisotopic (exact) mass is 340 g/mol. The van der Waals surface area contributed by atoms with E-state index in [1.807, 2.05) is 0 Å². The second kappa shape index (κ2) is 5.83. The summed E-state index contributed by atoms with van der Waals surface area (Å²) in [5.74, 6) is -1.39. The number of carbonyl (C=O) groups excluding carboxylic acids is 2. The van der Waals surface area contributed by atoms with Crippen molar-refractivity contribution in [2.24, 2.45) is 5.73 Å². The highest BCUT2D eigenvalue weighted by Crippen LogP contribution is 2.17. The average Bonchev–Trinajstić information content (AvgIpc) is 2.79. The number of halogens is 2. The van der Waals surface area contributed by atoms with Crippen molar-refractivity contribution >= 4 is 33.4 Å². The second-order valence-electron chi connectivity index (χ2n) is 3.98. The minimum Gasteiger partial charge on any atom is -0.368 e. The first kappa shape index (κ1) is 14.2. The van der Waals surface area contributed by atoms with Gasteiger partial charge in [-0.05, 0) is 34.1 Å². The lowest BCUT2D eigenvalue weighted by atomic mass is 10.2. The molecule has 0 atom stereocenters. The Labute approximate surface area is 121 Å². The molecule has 2 aromatic rings. The molecule has 1 aromatic carbocycles. The van der Waals surface area contributed by atoms with E-state index in [1.165, 1.54) is 35.3 Å². The summed E-state index contributed by atoms with van der Waals surface area (Å²) in [6.07, 6.45) is 2.86. The fraction of sp³-hybridized carbons (Fsp3) is 0.0833. The Morgan fingerprint density at radius 2 is 2.20 bits per heavy atom. The SMILES string of the molecule is NC(=O)Cn1cc(NC(=O)c2ccc(F)c(Br)c2)cn1. The molecule has 6 nitrogen and oxygen atoms in total. The Balaban J connectivity index is 2.09. The summed E-state index contributed by atoms with van der Waals surface area (Å²) in [5, 5.41) is 6.45. The van der Waals surface area contributed by atoms with Crippen LogP contribution >= 0.6 is 15.9 Å². The molecule has 3 N–H and O–H groups in total. The maximum Gasteiger partial charge on any atom is 0.255 e. The summed E-state index contributed by atoms with van der Waals surface area (Å²) in [7, 11) is 0. The predicted molar refractivity (Wildman–Crippen MR) is 73.5 cm³/mol. The Morgan fingerprint density at radius 1 is 1.45 bits per heavy atom.